The number of urea groups is 1. The lowest BCUT2D eigenvalue weighted by atomic mass is 10.2. The standard InChI is InChI=1S/C11H23N3O4/c1-8(5-6-14(2)3)12-11(17)13-9(7-18-4)10(15)16/h8-9H,5-7H2,1-4H3,(H,15,16)(H2,12,13,17). The molecular formula is C11H23N3O4. The molecular weight excluding hydrogens is 238 g/mol. The second kappa shape index (κ2) is 8.71. The summed E-state index contributed by atoms with van der Waals surface area (Å²) in [5.41, 5.74) is 0. The van der Waals surface area contributed by atoms with Gasteiger partial charge in [0.1, 0.15) is 0 Å². The first-order chi connectivity index (χ1) is 8.36. The molecule has 18 heavy (non-hydrogen) atoms. The Morgan fingerprint density at radius 1 is 1.33 bits per heavy atom. The molecule has 2 atom stereocenters. The zero-order valence-electron chi connectivity index (χ0n) is 11.4. The fourth-order valence-corrected chi connectivity index (χ4v) is 1.29. The van der Waals surface area contributed by atoms with Gasteiger partial charge in [-0.25, -0.2) is 9.59 Å². The number of aliphatic carboxylic acids is 1. The summed E-state index contributed by atoms with van der Waals surface area (Å²) in [7, 11) is 5.28. The van der Waals surface area contributed by atoms with Crippen molar-refractivity contribution in [3.63, 3.8) is 0 Å². The number of nitrogens with zero attached hydrogens (tertiary/aromatic N) is 1. The van der Waals surface area contributed by atoms with E-state index >= 15 is 0 Å². The van der Waals surface area contributed by atoms with Crippen LogP contribution in [0.4, 0.5) is 4.79 Å². The van der Waals surface area contributed by atoms with Gasteiger partial charge in [-0.15, -0.1) is 0 Å². The van der Waals surface area contributed by atoms with Crippen LogP contribution in [-0.2, 0) is 9.53 Å². The van der Waals surface area contributed by atoms with Crippen molar-refractivity contribution >= 4 is 12.0 Å². The fourth-order valence-electron chi connectivity index (χ4n) is 1.29. The summed E-state index contributed by atoms with van der Waals surface area (Å²) in [6.07, 6.45) is 0.794. The molecule has 0 aliphatic heterocycles. The number of hydrogen-bond donors (Lipinski definition) is 3. The highest BCUT2D eigenvalue weighted by Crippen LogP contribution is 1.93. The fraction of sp³-hybridized carbons (Fsp3) is 0.818. The van der Waals surface area contributed by atoms with Gasteiger partial charge in [0.15, 0.2) is 6.04 Å². The number of rotatable bonds is 8. The van der Waals surface area contributed by atoms with Crippen LogP contribution in [0, 0.1) is 0 Å². The van der Waals surface area contributed by atoms with Gasteiger partial charge in [0.2, 0.25) is 0 Å². The Labute approximate surface area is 107 Å². The molecule has 0 saturated heterocycles. The number of methoxy groups -OCH3 is 1. The molecule has 3 N–H and O–H groups in total. The van der Waals surface area contributed by atoms with Crippen LogP contribution in [0.1, 0.15) is 13.3 Å². The van der Waals surface area contributed by atoms with Crippen LogP contribution in [0.15, 0.2) is 0 Å². The van der Waals surface area contributed by atoms with Gasteiger partial charge in [-0.05, 0) is 34.0 Å². The Bertz CT molecular complexity index is 271. The number of carboxylic acids is 1. The first kappa shape index (κ1) is 16.7. The van der Waals surface area contributed by atoms with E-state index in [1.807, 2.05) is 25.9 Å². The lowest BCUT2D eigenvalue weighted by Gasteiger charge is -2.19. The predicted octanol–water partition coefficient (Wildman–Crippen LogP) is -0.275. The second-order valence-corrected chi connectivity index (χ2v) is 4.46. The van der Waals surface area contributed by atoms with Crippen molar-refractivity contribution in [3.8, 4) is 0 Å². The predicted molar refractivity (Wildman–Crippen MR) is 67.6 cm³/mol. The molecule has 7 heteroatoms. The minimum atomic E-state index is -1.12. The quantitative estimate of drug-likeness (QED) is 0.559. The van der Waals surface area contributed by atoms with Crippen molar-refractivity contribution in [1.29, 1.82) is 0 Å². The summed E-state index contributed by atoms with van der Waals surface area (Å²) in [4.78, 5) is 24.3. The molecule has 0 fully saturated rings. The summed E-state index contributed by atoms with van der Waals surface area (Å²) < 4.78 is 4.72. The Kier molecular flexibility index (Phi) is 8.06. The van der Waals surface area contributed by atoms with Crippen LogP contribution >= 0.6 is 0 Å². The maximum atomic E-state index is 11.5. The maximum absolute atomic E-state index is 11.5. The average molecular weight is 261 g/mol. The normalized spacial score (nSPS) is 14.1. The maximum Gasteiger partial charge on any atom is 0.328 e. The van der Waals surface area contributed by atoms with Gasteiger partial charge in [0.25, 0.3) is 0 Å². The third-order valence-corrected chi connectivity index (χ3v) is 2.32. The first-order valence-electron chi connectivity index (χ1n) is 5.80. The van der Waals surface area contributed by atoms with E-state index in [1.165, 1.54) is 7.11 Å². The molecule has 0 bridgehead atoms. The van der Waals surface area contributed by atoms with Crippen LogP contribution in [0.2, 0.25) is 0 Å². The molecule has 0 rings (SSSR count). The molecule has 0 radical (unpaired) electrons. The van der Waals surface area contributed by atoms with Crippen molar-refractivity contribution in [1.82, 2.24) is 15.5 Å². The van der Waals surface area contributed by atoms with Crippen molar-refractivity contribution in [2.24, 2.45) is 0 Å². The van der Waals surface area contributed by atoms with Gasteiger partial charge < -0.3 is 25.4 Å². The largest absolute Gasteiger partial charge is 0.480 e. The summed E-state index contributed by atoms with van der Waals surface area (Å²) in [6, 6.07) is -1.55. The van der Waals surface area contributed by atoms with E-state index in [4.69, 9.17) is 9.84 Å². The zero-order valence-corrected chi connectivity index (χ0v) is 11.4. The minimum Gasteiger partial charge on any atom is -0.480 e. The van der Waals surface area contributed by atoms with E-state index in [2.05, 4.69) is 10.6 Å². The highest BCUT2D eigenvalue weighted by atomic mass is 16.5. The van der Waals surface area contributed by atoms with Crippen molar-refractivity contribution in [3.05, 3.63) is 0 Å². The summed E-state index contributed by atoms with van der Waals surface area (Å²) in [6.45, 7) is 2.66. The average Bonchev–Trinajstić information content (AvgIpc) is 2.25. The number of carbonyl (C=O) groups is 2. The number of carboxylic acid groups (broad SMARTS) is 1. The van der Waals surface area contributed by atoms with Crippen molar-refractivity contribution < 1.29 is 19.4 Å². The first-order valence-corrected chi connectivity index (χ1v) is 5.80. The highest BCUT2D eigenvalue weighted by Gasteiger charge is 2.20. The molecule has 0 spiro atoms. The lowest BCUT2D eigenvalue weighted by Crippen LogP contribution is -2.50. The van der Waals surface area contributed by atoms with Crippen LogP contribution < -0.4 is 10.6 Å². The Morgan fingerprint density at radius 3 is 2.39 bits per heavy atom. The number of nitrogens with one attached hydrogen (secondary N) is 2. The molecule has 0 aromatic heterocycles. The van der Waals surface area contributed by atoms with Crippen LogP contribution in [0.3, 0.4) is 0 Å². The van der Waals surface area contributed by atoms with Crippen molar-refractivity contribution in [2.75, 3.05) is 34.4 Å². The molecule has 0 saturated carbocycles. The minimum absolute atomic E-state index is 0.0237. The van der Waals surface area contributed by atoms with E-state index in [0.717, 1.165) is 13.0 Å². The lowest BCUT2D eigenvalue weighted by molar-refractivity contribution is -0.140. The smallest absolute Gasteiger partial charge is 0.328 e. The van der Waals surface area contributed by atoms with E-state index < -0.39 is 18.0 Å². The molecule has 106 valence electrons. The Morgan fingerprint density at radius 2 is 1.94 bits per heavy atom. The Balaban J connectivity index is 4.03. The molecule has 7 nitrogen and oxygen atoms in total. The topological polar surface area (TPSA) is 90.9 Å². The monoisotopic (exact) mass is 261 g/mol. The molecule has 0 aliphatic rings. The Hall–Kier alpha value is -1.34. The third kappa shape index (κ3) is 7.86. The second-order valence-electron chi connectivity index (χ2n) is 4.46. The van der Waals surface area contributed by atoms with Gasteiger partial charge in [0.05, 0.1) is 6.61 Å². The summed E-state index contributed by atoms with van der Waals surface area (Å²) in [5.74, 6) is -1.12. The molecule has 0 aromatic rings. The molecule has 0 heterocycles. The summed E-state index contributed by atoms with van der Waals surface area (Å²) in [5, 5.41) is 13.9. The van der Waals surface area contributed by atoms with E-state index in [-0.39, 0.29) is 12.6 Å². The van der Waals surface area contributed by atoms with E-state index in [9.17, 15) is 9.59 Å². The van der Waals surface area contributed by atoms with E-state index in [0.29, 0.717) is 0 Å². The SMILES string of the molecule is COCC(NC(=O)NC(C)CCN(C)C)C(=O)O. The number of hydrogen-bond acceptors (Lipinski definition) is 4. The number of ether oxygens (including phenoxy) is 1. The number of amides is 2. The number of carbonyl (C=O) groups excluding carboxylic acids is 1. The van der Waals surface area contributed by atoms with Gasteiger partial charge >= 0.3 is 12.0 Å². The highest BCUT2D eigenvalue weighted by molar-refractivity contribution is 5.82. The molecule has 2 amide bonds. The molecule has 0 aliphatic carbocycles. The third-order valence-electron chi connectivity index (χ3n) is 2.32. The van der Waals surface area contributed by atoms with Gasteiger partial charge in [-0.1, -0.05) is 0 Å². The molecule has 2 unspecified atom stereocenters. The molecule has 0 aromatic carbocycles. The van der Waals surface area contributed by atoms with Crippen molar-refractivity contribution in [2.45, 2.75) is 25.4 Å². The van der Waals surface area contributed by atoms with Crippen LogP contribution in [0.5, 0.6) is 0 Å². The zero-order chi connectivity index (χ0) is 14.1. The summed E-state index contributed by atoms with van der Waals surface area (Å²) >= 11 is 0. The van der Waals surface area contributed by atoms with E-state index in [1.54, 1.807) is 0 Å². The van der Waals surface area contributed by atoms with Crippen LogP contribution in [0.25, 0.3) is 0 Å². The van der Waals surface area contributed by atoms with Gasteiger partial charge in [0, 0.05) is 13.2 Å². The van der Waals surface area contributed by atoms with Gasteiger partial charge in [-0.3, -0.25) is 0 Å². The van der Waals surface area contributed by atoms with Gasteiger partial charge in [-0.2, -0.15) is 0 Å². The van der Waals surface area contributed by atoms with Crippen LogP contribution in [-0.4, -0.2) is 68.4 Å².